The first-order valence-electron chi connectivity index (χ1n) is 12.3. The maximum absolute atomic E-state index is 13.9. The van der Waals surface area contributed by atoms with Gasteiger partial charge in [-0.25, -0.2) is 8.42 Å². The van der Waals surface area contributed by atoms with E-state index in [1.807, 2.05) is 6.92 Å². The first kappa shape index (κ1) is 30.3. The van der Waals surface area contributed by atoms with Gasteiger partial charge in [-0.3, -0.25) is 13.9 Å². The number of nitrogens with zero attached hydrogens (tertiary/aromatic N) is 2. The minimum atomic E-state index is -4.22. The van der Waals surface area contributed by atoms with E-state index in [1.165, 1.54) is 42.3 Å². The Balaban J connectivity index is 2.03. The van der Waals surface area contributed by atoms with Crippen molar-refractivity contribution in [1.82, 2.24) is 10.2 Å². The zero-order chi connectivity index (χ0) is 28.6. The van der Waals surface area contributed by atoms with Crippen LogP contribution in [0.1, 0.15) is 25.8 Å². The zero-order valence-corrected chi connectivity index (χ0v) is 24.3. The number of nitrogens with one attached hydrogen (secondary N) is 1. The second-order valence-corrected chi connectivity index (χ2v) is 11.5. The molecule has 0 fully saturated rings. The van der Waals surface area contributed by atoms with Crippen molar-refractivity contribution in [2.45, 2.75) is 37.8 Å². The van der Waals surface area contributed by atoms with Gasteiger partial charge >= 0.3 is 0 Å². The molecule has 0 saturated carbocycles. The summed E-state index contributed by atoms with van der Waals surface area (Å²) in [6.07, 6.45) is 0.722. The molecule has 0 heterocycles. The van der Waals surface area contributed by atoms with Gasteiger partial charge in [0.1, 0.15) is 18.3 Å². The SMILES string of the molecule is CCCNC(=O)C(C)N(Cc1ccccc1Cl)C(=O)CN(c1cccc(Cl)c1)S(=O)(=O)c1ccc(OC)cc1. The molecule has 11 heteroatoms. The number of carbonyl (C=O) groups excluding carboxylic acids is 2. The van der Waals surface area contributed by atoms with Gasteiger partial charge in [0.05, 0.1) is 17.7 Å². The predicted molar refractivity (Wildman–Crippen MR) is 154 cm³/mol. The van der Waals surface area contributed by atoms with Crippen LogP contribution in [0.4, 0.5) is 5.69 Å². The Labute approximate surface area is 239 Å². The Bertz CT molecular complexity index is 1400. The van der Waals surface area contributed by atoms with Gasteiger partial charge in [0.15, 0.2) is 0 Å². The molecule has 2 amide bonds. The number of halogens is 2. The molecule has 0 spiro atoms. The van der Waals surface area contributed by atoms with Crippen molar-refractivity contribution in [3.8, 4) is 5.75 Å². The van der Waals surface area contributed by atoms with Gasteiger partial charge in [0.2, 0.25) is 11.8 Å². The van der Waals surface area contributed by atoms with E-state index >= 15 is 0 Å². The molecule has 3 aromatic carbocycles. The number of hydrogen-bond acceptors (Lipinski definition) is 5. The van der Waals surface area contributed by atoms with E-state index in [-0.39, 0.29) is 23.0 Å². The monoisotopic (exact) mass is 591 g/mol. The molecule has 3 aromatic rings. The molecule has 208 valence electrons. The van der Waals surface area contributed by atoms with Crippen LogP contribution in [0.2, 0.25) is 10.0 Å². The third-order valence-corrected chi connectivity index (χ3v) is 8.43. The lowest BCUT2D eigenvalue weighted by Crippen LogP contribution is -2.51. The summed E-state index contributed by atoms with van der Waals surface area (Å²) in [5.41, 5.74) is 0.822. The van der Waals surface area contributed by atoms with Crippen LogP contribution in [0.25, 0.3) is 0 Å². The average molecular weight is 593 g/mol. The maximum Gasteiger partial charge on any atom is 0.264 e. The Kier molecular flexibility index (Phi) is 10.6. The number of amides is 2. The Hall–Kier alpha value is -3.27. The Morgan fingerprint density at radius 2 is 1.69 bits per heavy atom. The highest BCUT2D eigenvalue weighted by atomic mass is 35.5. The van der Waals surface area contributed by atoms with Gasteiger partial charge in [-0.15, -0.1) is 0 Å². The van der Waals surface area contributed by atoms with Gasteiger partial charge in [-0.05, 0) is 67.4 Å². The van der Waals surface area contributed by atoms with Crippen LogP contribution in [-0.2, 0) is 26.2 Å². The van der Waals surface area contributed by atoms with Crippen LogP contribution >= 0.6 is 23.2 Å². The maximum atomic E-state index is 13.9. The van der Waals surface area contributed by atoms with Crippen molar-refractivity contribution in [2.24, 2.45) is 0 Å². The minimum absolute atomic E-state index is 0.00515. The Morgan fingerprint density at radius 1 is 1.00 bits per heavy atom. The predicted octanol–water partition coefficient (Wildman–Crippen LogP) is 5.14. The van der Waals surface area contributed by atoms with Crippen molar-refractivity contribution >= 4 is 50.7 Å². The molecule has 0 bridgehead atoms. The molecular weight excluding hydrogens is 561 g/mol. The number of ether oxygens (including phenoxy) is 1. The zero-order valence-electron chi connectivity index (χ0n) is 21.9. The molecule has 0 aliphatic heterocycles. The van der Waals surface area contributed by atoms with Crippen molar-refractivity contribution < 1.29 is 22.7 Å². The second-order valence-electron chi connectivity index (χ2n) is 8.75. The molecule has 0 radical (unpaired) electrons. The van der Waals surface area contributed by atoms with Gasteiger partial charge < -0.3 is 15.0 Å². The van der Waals surface area contributed by atoms with E-state index < -0.39 is 28.5 Å². The van der Waals surface area contributed by atoms with Crippen LogP contribution in [0.5, 0.6) is 5.75 Å². The number of sulfonamides is 1. The molecule has 0 aromatic heterocycles. The summed E-state index contributed by atoms with van der Waals surface area (Å²) in [7, 11) is -2.74. The fourth-order valence-electron chi connectivity index (χ4n) is 3.82. The molecule has 1 N–H and O–H groups in total. The Morgan fingerprint density at radius 3 is 2.31 bits per heavy atom. The van der Waals surface area contributed by atoms with Gasteiger partial charge in [0.25, 0.3) is 10.0 Å². The third kappa shape index (κ3) is 7.65. The first-order chi connectivity index (χ1) is 18.6. The van der Waals surface area contributed by atoms with Gasteiger partial charge in [-0.2, -0.15) is 0 Å². The van der Waals surface area contributed by atoms with E-state index in [1.54, 1.807) is 49.4 Å². The summed E-state index contributed by atoms with van der Waals surface area (Å²) in [5.74, 6) is -0.465. The number of anilines is 1. The smallest absolute Gasteiger partial charge is 0.264 e. The highest BCUT2D eigenvalue weighted by Crippen LogP contribution is 2.28. The van der Waals surface area contributed by atoms with Gasteiger partial charge in [0, 0.05) is 23.1 Å². The highest BCUT2D eigenvalue weighted by Gasteiger charge is 2.32. The summed E-state index contributed by atoms with van der Waals surface area (Å²) in [6.45, 7) is 3.39. The molecule has 1 atom stereocenters. The molecule has 3 rings (SSSR count). The number of benzene rings is 3. The van der Waals surface area contributed by atoms with Gasteiger partial charge in [-0.1, -0.05) is 54.4 Å². The van der Waals surface area contributed by atoms with E-state index in [0.717, 1.165) is 10.7 Å². The number of methoxy groups -OCH3 is 1. The summed E-state index contributed by atoms with van der Waals surface area (Å²) in [4.78, 5) is 28.1. The van der Waals surface area contributed by atoms with Crippen LogP contribution < -0.4 is 14.4 Å². The van der Waals surface area contributed by atoms with Crippen LogP contribution in [0, 0.1) is 0 Å². The number of carbonyl (C=O) groups is 2. The molecule has 39 heavy (non-hydrogen) atoms. The fraction of sp³-hybridized carbons (Fsp3) is 0.286. The van der Waals surface area contributed by atoms with Crippen molar-refractivity contribution in [3.05, 3.63) is 88.4 Å². The van der Waals surface area contributed by atoms with Crippen molar-refractivity contribution in [1.29, 1.82) is 0 Å². The van der Waals surface area contributed by atoms with E-state index in [9.17, 15) is 18.0 Å². The van der Waals surface area contributed by atoms with Crippen LogP contribution in [0.3, 0.4) is 0 Å². The molecule has 0 saturated heterocycles. The van der Waals surface area contributed by atoms with E-state index in [0.29, 0.717) is 27.9 Å². The summed E-state index contributed by atoms with van der Waals surface area (Å²) >= 11 is 12.6. The molecule has 8 nitrogen and oxygen atoms in total. The lowest BCUT2D eigenvalue weighted by molar-refractivity contribution is -0.139. The standard InChI is InChI=1S/C28H31Cl2N3O5S/c1-4-16-31-28(35)20(2)32(18-21-8-5-6-11-26(21)30)27(34)19-33(23-10-7-9-22(29)17-23)39(36,37)25-14-12-24(38-3)13-15-25/h5-15,17,20H,4,16,18-19H2,1-3H3,(H,31,35). The van der Waals surface area contributed by atoms with Crippen molar-refractivity contribution in [2.75, 3.05) is 24.5 Å². The quantitative estimate of drug-likeness (QED) is 0.314. The third-order valence-electron chi connectivity index (χ3n) is 6.04. The highest BCUT2D eigenvalue weighted by molar-refractivity contribution is 7.92. The molecule has 0 aliphatic carbocycles. The summed E-state index contributed by atoms with van der Waals surface area (Å²) < 4.78 is 33.8. The molecular formula is C28H31Cl2N3O5S. The van der Waals surface area contributed by atoms with Crippen molar-refractivity contribution in [3.63, 3.8) is 0 Å². The first-order valence-corrected chi connectivity index (χ1v) is 14.5. The van der Waals surface area contributed by atoms with Crippen LogP contribution in [-0.4, -0.2) is 51.4 Å². The largest absolute Gasteiger partial charge is 0.497 e. The lowest BCUT2D eigenvalue weighted by atomic mass is 10.1. The normalized spacial score (nSPS) is 11.9. The van der Waals surface area contributed by atoms with E-state index in [4.69, 9.17) is 27.9 Å². The summed E-state index contributed by atoms with van der Waals surface area (Å²) in [5, 5.41) is 3.53. The topological polar surface area (TPSA) is 96.0 Å². The molecule has 1 unspecified atom stereocenters. The fourth-order valence-corrected chi connectivity index (χ4v) is 5.61. The van der Waals surface area contributed by atoms with E-state index in [2.05, 4.69) is 5.32 Å². The second kappa shape index (κ2) is 13.7. The average Bonchev–Trinajstić information content (AvgIpc) is 2.93. The molecule has 0 aliphatic rings. The number of hydrogen-bond donors (Lipinski definition) is 1. The number of rotatable bonds is 12. The van der Waals surface area contributed by atoms with Crippen LogP contribution in [0.15, 0.2) is 77.7 Å². The lowest BCUT2D eigenvalue weighted by Gasteiger charge is -2.32. The minimum Gasteiger partial charge on any atom is -0.497 e. The summed E-state index contributed by atoms with van der Waals surface area (Å²) in [6, 6.07) is 18.1.